The average molecular weight is 313 g/mol. The summed E-state index contributed by atoms with van der Waals surface area (Å²) in [4.78, 5) is 2.50. The normalized spacial score (nSPS) is 15.8. The quantitative estimate of drug-likeness (QED) is 0.837. The Balaban J connectivity index is 0.00000220. The molecule has 0 saturated carbocycles. The minimum absolute atomic E-state index is 0. The lowest BCUT2D eigenvalue weighted by atomic mass is 9.97. The first-order valence-electron chi connectivity index (χ1n) is 7.80. The van der Waals surface area contributed by atoms with Gasteiger partial charge in [0.25, 0.3) is 0 Å². The Morgan fingerprint density at radius 2 is 1.86 bits per heavy atom. The number of hydrogen-bond donors (Lipinski definition) is 1. The summed E-state index contributed by atoms with van der Waals surface area (Å²) in [5, 5.41) is 3.43. The van der Waals surface area contributed by atoms with Gasteiger partial charge >= 0.3 is 0 Å². The Kier molecular flexibility index (Phi) is 8.74. The van der Waals surface area contributed by atoms with Crippen LogP contribution in [-0.4, -0.2) is 45.2 Å². The Morgan fingerprint density at radius 3 is 2.48 bits per heavy atom. The first-order valence-corrected chi connectivity index (χ1v) is 7.80. The maximum atomic E-state index is 5.18. The summed E-state index contributed by atoms with van der Waals surface area (Å²) in [6.07, 6.45) is 5.06. The molecule has 0 atom stereocenters. The van der Waals surface area contributed by atoms with Crippen molar-refractivity contribution in [3.8, 4) is 5.75 Å². The van der Waals surface area contributed by atoms with Crippen LogP contribution >= 0.6 is 12.4 Å². The van der Waals surface area contributed by atoms with Crippen LogP contribution in [0, 0.1) is 5.92 Å². The second kappa shape index (κ2) is 10.0. The van der Waals surface area contributed by atoms with Gasteiger partial charge in [-0.15, -0.1) is 12.4 Å². The van der Waals surface area contributed by atoms with Crippen molar-refractivity contribution in [1.82, 2.24) is 10.2 Å². The van der Waals surface area contributed by atoms with E-state index in [2.05, 4.69) is 29.4 Å². The van der Waals surface area contributed by atoms with Gasteiger partial charge in [0.05, 0.1) is 7.11 Å². The molecule has 0 aromatic heterocycles. The van der Waals surface area contributed by atoms with Gasteiger partial charge in [0.1, 0.15) is 5.75 Å². The Labute approximate surface area is 135 Å². The molecule has 0 bridgehead atoms. The van der Waals surface area contributed by atoms with Crippen LogP contribution in [0.2, 0.25) is 0 Å². The highest BCUT2D eigenvalue weighted by molar-refractivity contribution is 5.85. The molecule has 120 valence electrons. The third-order valence-electron chi connectivity index (χ3n) is 4.19. The highest BCUT2D eigenvalue weighted by Crippen LogP contribution is 2.14. The number of benzene rings is 1. The lowest BCUT2D eigenvalue weighted by Crippen LogP contribution is -2.35. The van der Waals surface area contributed by atoms with Crippen LogP contribution in [0.4, 0.5) is 0 Å². The van der Waals surface area contributed by atoms with E-state index < -0.39 is 0 Å². The number of piperidine rings is 1. The highest BCUT2D eigenvalue weighted by atomic mass is 35.5. The van der Waals surface area contributed by atoms with E-state index >= 15 is 0 Å². The summed E-state index contributed by atoms with van der Waals surface area (Å²) < 4.78 is 5.18. The molecule has 0 spiro atoms. The van der Waals surface area contributed by atoms with E-state index in [1.165, 1.54) is 51.0 Å². The number of rotatable bonds is 7. The van der Waals surface area contributed by atoms with E-state index in [0.29, 0.717) is 0 Å². The highest BCUT2D eigenvalue weighted by Gasteiger charge is 2.14. The molecule has 3 nitrogen and oxygen atoms in total. The number of hydrogen-bond acceptors (Lipinski definition) is 3. The third kappa shape index (κ3) is 6.68. The fourth-order valence-electron chi connectivity index (χ4n) is 2.94. The van der Waals surface area contributed by atoms with Crippen molar-refractivity contribution in [3.05, 3.63) is 29.8 Å². The molecule has 1 aromatic carbocycles. The number of nitrogens with one attached hydrogen (secondary N) is 1. The largest absolute Gasteiger partial charge is 0.497 e. The van der Waals surface area contributed by atoms with E-state index in [4.69, 9.17) is 4.74 Å². The van der Waals surface area contributed by atoms with Crippen molar-refractivity contribution >= 4 is 12.4 Å². The lowest BCUT2D eigenvalue weighted by molar-refractivity contribution is 0.238. The average Bonchev–Trinajstić information content (AvgIpc) is 2.49. The minimum Gasteiger partial charge on any atom is -0.497 e. The molecule has 0 aliphatic carbocycles. The van der Waals surface area contributed by atoms with Gasteiger partial charge in [0.15, 0.2) is 0 Å². The molecular formula is C17H29ClN2O. The fraction of sp³-hybridized carbons (Fsp3) is 0.647. The molecule has 0 unspecified atom stereocenters. The molecule has 1 aliphatic rings. The van der Waals surface area contributed by atoms with Crippen molar-refractivity contribution in [1.29, 1.82) is 0 Å². The van der Waals surface area contributed by atoms with Crippen molar-refractivity contribution in [2.45, 2.75) is 25.7 Å². The molecule has 2 rings (SSSR count). The van der Waals surface area contributed by atoms with Crippen LogP contribution in [-0.2, 0) is 6.42 Å². The number of halogens is 1. The molecule has 1 saturated heterocycles. The summed E-state index contributed by atoms with van der Waals surface area (Å²) in [6, 6.07) is 8.44. The molecule has 1 heterocycles. The first kappa shape index (κ1) is 18.3. The lowest BCUT2D eigenvalue weighted by Gasteiger charge is -2.27. The van der Waals surface area contributed by atoms with Crippen molar-refractivity contribution in [2.24, 2.45) is 5.92 Å². The SMILES string of the molecule is COc1ccc(CCCN(C)CC2CCNCC2)cc1.Cl. The van der Waals surface area contributed by atoms with Gasteiger partial charge in [0.2, 0.25) is 0 Å². The Bertz CT molecular complexity index is 377. The predicted octanol–water partition coefficient (Wildman–Crippen LogP) is 2.98. The van der Waals surface area contributed by atoms with Gasteiger partial charge in [-0.3, -0.25) is 0 Å². The summed E-state index contributed by atoms with van der Waals surface area (Å²) in [5.41, 5.74) is 1.40. The zero-order valence-corrected chi connectivity index (χ0v) is 14.1. The van der Waals surface area contributed by atoms with Crippen LogP contribution in [0.5, 0.6) is 5.75 Å². The van der Waals surface area contributed by atoms with Crippen LogP contribution in [0.15, 0.2) is 24.3 Å². The number of ether oxygens (including phenoxy) is 1. The molecule has 1 N–H and O–H groups in total. The summed E-state index contributed by atoms with van der Waals surface area (Å²) in [6.45, 7) is 4.84. The molecular weight excluding hydrogens is 284 g/mol. The Hall–Kier alpha value is -0.770. The molecule has 0 radical (unpaired) electrons. The molecule has 1 aliphatic heterocycles. The zero-order valence-electron chi connectivity index (χ0n) is 13.3. The monoisotopic (exact) mass is 312 g/mol. The fourth-order valence-corrected chi connectivity index (χ4v) is 2.94. The molecule has 1 aromatic rings. The maximum Gasteiger partial charge on any atom is 0.118 e. The summed E-state index contributed by atoms with van der Waals surface area (Å²) >= 11 is 0. The molecule has 4 heteroatoms. The second-order valence-electron chi connectivity index (χ2n) is 5.91. The smallest absolute Gasteiger partial charge is 0.118 e. The van der Waals surface area contributed by atoms with Gasteiger partial charge in [0, 0.05) is 6.54 Å². The molecule has 21 heavy (non-hydrogen) atoms. The third-order valence-corrected chi connectivity index (χ3v) is 4.19. The van der Waals surface area contributed by atoms with Gasteiger partial charge in [-0.1, -0.05) is 12.1 Å². The second-order valence-corrected chi connectivity index (χ2v) is 5.91. The van der Waals surface area contributed by atoms with E-state index in [1.54, 1.807) is 7.11 Å². The van der Waals surface area contributed by atoms with E-state index in [0.717, 1.165) is 18.1 Å². The topological polar surface area (TPSA) is 24.5 Å². The van der Waals surface area contributed by atoms with Crippen LogP contribution < -0.4 is 10.1 Å². The first-order chi connectivity index (χ1) is 9.78. The predicted molar refractivity (Wildman–Crippen MR) is 91.7 cm³/mol. The standard InChI is InChI=1S/C17H28N2O.ClH/c1-19(14-16-9-11-18-12-10-16)13-3-4-15-5-7-17(20-2)8-6-15;/h5-8,16,18H,3-4,9-14H2,1-2H3;1H. The Morgan fingerprint density at radius 1 is 1.19 bits per heavy atom. The summed E-state index contributed by atoms with van der Waals surface area (Å²) in [5.74, 6) is 1.83. The maximum absolute atomic E-state index is 5.18. The molecule has 1 fully saturated rings. The van der Waals surface area contributed by atoms with E-state index in [1.807, 2.05) is 12.1 Å². The van der Waals surface area contributed by atoms with Crippen molar-refractivity contribution in [2.75, 3.05) is 40.3 Å². The van der Waals surface area contributed by atoms with Gasteiger partial charge in [-0.2, -0.15) is 0 Å². The van der Waals surface area contributed by atoms with Crippen LogP contribution in [0.1, 0.15) is 24.8 Å². The van der Waals surface area contributed by atoms with Gasteiger partial charge < -0.3 is 15.0 Å². The van der Waals surface area contributed by atoms with E-state index in [9.17, 15) is 0 Å². The van der Waals surface area contributed by atoms with Crippen molar-refractivity contribution in [3.63, 3.8) is 0 Å². The van der Waals surface area contributed by atoms with Crippen LogP contribution in [0.3, 0.4) is 0 Å². The number of aryl methyl sites for hydroxylation is 1. The van der Waals surface area contributed by atoms with Gasteiger partial charge in [-0.25, -0.2) is 0 Å². The summed E-state index contributed by atoms with van der Waals surface area (Å²) in [7, 11) is 3.97. The van der Waals surface area contributed by atoms with E-state index in [-0.39, 0.29) is 12.4 Å². The number of nitrogens with zero attached hydrogens (tertiary/aromatic N) is 1. The molecule has 0 amide bonds. The van der Waals surface area contributed by atoms with Crippen LogP contribution in [0.25, 0.3) is 0 Å². The minimum atomic E-state index is 0. The van der Waals surface area contributed by atoms with Gasteiger partial charge in [-0.05, 0) is 76.0 Å². The number of methoxy groups -OCH3 is 1. The zero-order chi connectivity index (χ0) is 14.2. The van der Waals surface area contributed by atoms with Crippen molar-refractivity contribution < 1.29 is 4.74 Å².